The van der Waals surface area contributed by atoms with E-state index in [2.05, 4.69) is 0 Å². The van der Waals surface area contributed by atoms with Gasteiger partial charge in [-0.25, -0.2) is 0 Å². The SMILES string of the molecule is O=P(O)(O)CCP(=O)(O)O.O=P(O)(O)CCP(=O)(O)O.O=P(O)(O)CCP(=O)(O)O.OCCO. The number of hydrogen-bond acceptors (Lipinski definition) is 8. The molecule has 0 aliphatic carbocycles. The molecular weight excluding hydrogens is 602 g/mol. The van der Waals surface area contributed by atoms with Crippen LogP contribution in [0.25, 0.3) is 0 Å². The Labute approximate surface area is 192 Å². The highest BCUT2D eigenvalue weighted by molar-refractivity contribution is 7.57. The normalized spacial score (nSPS) is 12.9. The largest absolute Gasteiger partial charge is 0.394 e. The Hall–Kier alpha value is 0.820. The van der Waals surface area contributed by atoms with Gasteiger partial charge < -0.3 is 68.9 Å². The molecule has 0 atom stereocenters. The first-order valence-electron chi connectivity index (χ1n) is 8.03. The second-order valence-corrected chi connectivity index (χ2v) is 16.4. The molecule has 0 heterocycles. The number of aliphatic hydroxyl groups excluding tert-OH is 2. The average Bonchev–Trinajstić information content (AvgIpc) is 2.55. The predicted octanol–water partition coefficient (Wildman–Crippen LogP) is -3.00. The molecule has 0 aromatic rings. The van der Waals surface area contributed by atoms with E-state index in [1.165, 1.54) is 0 Å². The fraction of sp³-hybridized carbons (Fsp3) is 1.00. The quantitative estimate of drug-likeness (QED) is 0.107. The van der Waals surface area contributed by atoms with E-state index in [9.17, 15) is 27.4 Å². The third kappa shape index (κ3) is 63.8. The van der Waals surface area contributed by atoms with Crippen molar-refractivity contribution >= 4 is 45.6 Å². The van der Waals surface area contributed by atoms with Gasteiger partial charge in [-0.15, -0.1) is 0 Å². The van der Waals surface area contributed by atoms with Crippen molar-refractivity contribution < 1.29 is 96.3 Å². The molecular formula is C8H30O20P6. The summed E-state index contributed by atoms with van der Waals surface area (Å²) < 4.78 is 60.2. The summed E-state index contributed by atoms with van der Waals surface area (Å²) in [5.74, 6) is 0. The van der Waals surface area contributed by atoms with Crippen LogP contribution in [0.5, 0.6) is 0 Å². The van der Waals surface area contributed by atoms with E-state index < -0.39 is 82.5 Å². The van der Waals surface area contributed by atoms with Crippen LogP contribution in [0.1, 0.15) is 0 Å². The van der Waals surface area contributed by atoms with Gasteiger partial charge in [0, 0.05) is 0 Å². The van der Waals surface area contributed by atoms with Crippen LogP contribution >= 0.6 is 45.6 Å². The zero-order chi connectivity index (χ0) is 28.7. The predicted molar refractivity (Wildman–Crippen MR) is 116 cm³/mol. The molecule has 0 aromatic heterocycles. The maximum absolute atomic E-state index is 10.0. The van der Waals surface area contributed by atoms with Crippen molar-refractivity contribution in [2.75, 3.05) is 50.2 Å². The van der Waals surface area contributed by atoms with Gasteiger partial charge in [0.15, 0.2) is 0 Å². The van der Waals surface area contributed by atoms with E-state index in [0.29, 0.717) is 0 Å². The fourth-order valence-electron chi connectivity index (χ4n) is 0.782. The second kappa shape index (κ2) is 18.1. The second-order valence-electron chi connectivity index (χ2n) is 5.78. The lowest BCUT2D eigenvalue weighted by Gasteiger charge is -2.03. The molecule has 34 heavy (non-hydrogen) atoms. The summed E-state index contributed by atoms with van der Waals surface area (Å²) in [7, 11) is -25.5. The Kier molecular flexibility index (Phi) is 22.4. The molecule has 0 amide bonds. The smallest absolute Gasteiger partial charge is 0.326 e. The molecule has 20 nitrogen and oxygen atoms in total. The van der Waals surface area contributed by atoms with Crippen LogP contribution < -0.4 is 0 Å². The van der Waals surface area contributed by atoms with Crippen molar-refractivity contribution in [1.29, 1.82) is 0 Å². The van der Waals surface area contributed by atoms with Crippen molar-refractivity contribution in [3.63, 3.8) is 0 Å². The van der Waals surface area contributed by atoms with Gasteiger partial charge >= 0.3 is 45.6 Å². The van der Waals surface area contributed by atoms with Crippen molar-refractivity contribution in [2.24, 2.45) is 0 Å². The van der Waals surface area contributed by atoms with E-state index in [0.717, 1.165) is 0 Å². The van der Waals surface area contributed by atoms with Crippen LogP contribution in [-0.2, 0) is 27.4 Å². The zero-order valence-corrected chi connectivity index (χ0v) is 22.4. The van der Waals surface area contributed by atoms with Crippen LogP contribution in [-0.4, -0.2) is 119 Å². The van der Waals surface area contributed by atoms with Gasteiger partial charge in [-0.1, -0.05) is 0 Å². The van der Waals surface area contributed by atoms with Gasteiger partial charge in [-0.3, -0.25) is 27.4 Å². The highest BCUT2D eigenvalue weighted by atomic mass is 31.2. The van der Waals surface area contributed by atoms with Gasteiger partial charge in [-0.05, 0) is 0 Å². The first-order chi connectivity index (χ1) is 14.5. The van der Waals surface area contributed by atoms with E-state index >= 15 is 0 Å². The van der Waals surface area contributed by atoms with E-state index in [-0.39, 0.29) is 13.2 Å². The molecule has 14 N–H and O–H groups in total. The summed E-state index contributed by atoms with van der Waals surface area (Å²) in [5, 5.41) is 15.2. The zero-order valence-electron chi connectivity index (χ0n) is 17.1. The van der Waals surface area contributed by atoms with Gasteiger partial charge in [0.2, 0.25) is 0 Å². The Morgan fingerprint density at radius 1 is 0.294 bits per heavy atom. The molecule has 0 unspecified atom stereocenters. The molecule has 0 fully saturated rings. The van der Waals surface area contributed by atoms with Crippen molar-refractivity contribution in [3.8, 4) is 0 Å². The van der Waals surface area contributed by atoms with Crippen molar-refractivity contribution in [2.45, 2.75) is 0 Å². The Morgan fingerprint density at radius 2 is 0.382 bits per heavy atom. The molecule has 212 valence electrons. The maximum atomic E-state index is 10.0. The molecule has 0 saturated carbocycles. The van der Waals surface area contributed by atoms with Crippen molar-refractivity contribution in [3.05, 3.63) is 0 Å². The lowest BCUT2D eigenvalue weighted by Crippen LogP contribution is -1.95. The molecule has 0 bridgehead atoms. The number of hydrogen-bond donors (Lipinski definition) is 14. The molecule has 0 rings (SSSR count). The van der Waals surface area contributed by atoms with Gasteiger partial charge in [0.25, 0.3) is 0 Å². The highest BCUT2D eigenvalue weighted by Gasteiger charge is 2.22. The third-order valence-corrected chi connectivity index (χ3v) is 8.04. The monoisotopic (exact) mass is 632 g/mol. The summed E-state index contributed by atoms with van der Waals surface area (Å²) in [5.41, 5.74) is 0. The van der Waals surface area contributed by atoms with Gasteiger partial charge in [0.05, 0.1) is 50.2 Å². The van der Waals surface area contributed by atoms with E-state index in [4.69, 9.17) is 68.9 Å². The maximum Gasteiger partial charge on any atom is 0.326 e. The summed E-state index contributed by atoms with van der Waals surface area (Å²) in [6.07, 6.45) is -4.60. The van der Waals surface area contributed by atoms with Crippen LogP contribution in [0, 0.1) is 0 Å². The molecule has 0 radical (unpaired) electrons. The lowest BCUT2D eigenvalue weighted by molar-refractivity contribution is 0.186. The van der Waals surface area contributed by atoms with Crippen LogP contribution in [0.4, 0.5) is 0 Å². The van der Waals surface area contributed by atoms with E-state index in [1.54, 1.807) is 0 Å². The molecule has 0 aromatic carbocycles. The summed E-state index contributed by atoms with van der Waals surface area (Å²) in [6, 6.07) is 0. The van der Waals surface area contributed by atoms with Gasteiger partial charge in [-0.2, -0.15) is 0 Å². The minimum absolute atomic E-state index is 0.125. The lowest BCUT2D eigenvalue weighted by atomic mass is 10.8. The summed E-state index contributed by atoms with van der Waals surface area (Å²) >= 11 is 0. The van der Waals surface area contributed by atoms with Crippen molar-refractivity contribution in [1.82, 2.24) is 0 Å². The topological polar surface area (TPSA) is 386 Å². The fourth-order valence-corrected chi connectivity index (χ4v) is 7.03. The molecule has 0 aliphatic heterocycles. The molecule has 0 spiro atoms. The summed E-state index contributed by atoms with van der Waals surface area (Å²) in [6.45, 7) is -0.250. The Morgan fingerprint density at radius 3 is 0.412 bits per heavy atom. The third-order valence-electron chi connectivity index (χ3n) is 2.15. The minimum Gasteiger partial charge on any atom is -0.394 e. The van der Waals surface area contributed by atoms with Crippen LogP contribution in [0.2, 0.25) is 0 Å². The first-order valence-corrected chi connectivity index (χ1v) is 18.8. The minimum atomic E-state index is -4.25. The molecule has 26 heteroatoms. The molecule has 0 aliphatic rings. The Balaban J connectivity index is -0.000000184. The summed E-state index contributed by atoms with van der Waals surface area (Å²) in [4.78, 5) is 97.8. The average molecular weight is 632 g/mol. The van der Waals surface area contributed by atoms with E-state index in [1.807, 2.05) is 0 Å². The number of rotatable bonds is 10. The molecule has 0 saturated heterocycles. The standard InChI is InChI=1S/3C2H8O6P2.C2H6O2/c3*3-9(4,5)1-2-10(6,7)8;3-1-2-4/h3*1-2H2,(H2,3,4,5)(H2,6,7,8);3-4H,1-2H2. The van der Waals surface area contributed by atoms with Gasteiger partial charge in [0.1, 0.15) is 0 Å². The Bertz CT molecular complexity index is 630. The first kappa shape index (κ1) is 41.9. The highest BCUT2D eigenvalue weighted by Crippen LogP contribution is 2.44. The van der Waals surface area contributed by atoms with Crippen LogP contribution in [0.3, 0.4) is 0 Å². The van der Waals surface area contributed by atoms with Crippen LogP contribution in [0.15, 0.2) is 0 Å². The number of aliphatic hydroxyl groups is 2.